The van der Waals surface area contributed by atoms with Gasteiger partial charge in [-0.15, -0.1) is 0 Å². The second-order valence-corrected chi connectivity index (χ2v) is 7.36. The summed E-state index contributed by atoms with van der Waals surface area (Å²) in [5.74, 6) is -1.22. The number of likely N-dealkylation sites (tertiary alicyclic amines) is 1. The quantitative estimate of drug-likeness (QED) is 0.471. The van der Waals surface area contributed by atoms with Crippen molar-refractivity contribution in [3.63, 3.8) is 0 Å². The molecule has 9 nitrogen and oxygen atoms in total. The Labute approximate surface area is 155 Å². The SMILES string of the molecule is CC1(C)C(O)CCN1C(=O)CCCN1C(=O)c2ccc([N+](=O)[O-])cc2C1=O. The maximum absolute atomic E-state index is 12.4. The van der Waals surface area contributed by atoms with Crippen LogP contribution < -0.4 is 0 Å². The molecular formula is C18H21N3O6. The first-order chi connectivity index (χ1) is 12.6. The van der Waals surface area contributed by atoms with Gasteiger partial charge in [0.15, 0.2) is 0 Å². The van der Waals surface area contributed by atoms with Gasteiger partial charge in [-0.2, -0.15) is 0 Å². The summed E-state index contributed by atoms with van der Waals surface area (Å²) in [7, 11) is 0. The van der Waals surface area contributed by atoms with Crippen LogP contribution in [0, 0.1) is 10.1 Å². The van der Waals surface area contributed by atoms with E-state index in [0.29, 0.717) is 13.0 Å². The van der Waals surface area contributed by atoms with Crippen molar-refractivity contribution in [2.75, 3.05) is 13.1 Å². The molecule has 1 saturated heterocycles. The van der Waals surface area contributed by atoms with E-state index < -0.39 is 28.4 Å². The summed E-state index contributed by atoms with van der Waals surface area (Å²) in [6, 6.07) is 3.58. The van der Waals surface area contributed by atoms with E-state index in [1.54, 1.807) is 18.7 Å². The zero-order chi connectivity index (χ0) is 19.9. The zero-order valence-electron chi connectivity index (χ0n) is 15.2. The van der Waals surface area contributed by atoms with Gasteiger partial charge in [0.2, 0.25) is 5.91 Å². The van der Waals surface area contributed by atoms with Gasteiger partial charge in [-0.05, 0) is 32.8 Å². The van der Waals surface area contributed by atoms with E-state index in [1.807, 2.05) is 0 Å². The van der Waals surface area contributed by atoms with Crippen LogP contribution in [-0.4, -0.2) is 62.3 Å². The third kappa shape index (κ3) is 3.18. The predicted molar refractivity (Wildman–Crippen MR) is 94.1 cm³/mol. The highest BCUT2D eigenvalue weighted by Gasteiger charge is 2.42. The van der Waals surface area contributed by atoms with Crippen molar-refractivity contribution in [2.24, 2.45) is 0 Å². The number of benzene rings is 1. The lowest BCUT2D eigenvalue weighted by Gasteiger charge is -2.34. The number of hydrogen-bond acceptors (Lipinski definition) is 6. The number of nitrogens with zero attached hydrogens (tertiary/aromatic N) is 3. The molecule has 1 fully saturated rings. The van der Waals surface area contributed by atoms with Gasteiger partial charge in [0.25, 0.3) is 17.5 Å². The van der Waals surface area contributed by atoms with Crippen molar-refractivity contribution in [3.8, 4) is 0 Å². The number of fused-ring (bicyclic) bond motifs is 1. The highest BCUT2D eigenvalue weighted by Crippen LogP contribution is 2.30. The minimum Gasteiger partial charge on any atom is -0.391 e. The van der Waals surface area contributed by atoms with Gasteiger partial charge in [-0.25, -0.2) is 0 Å². The number of aliphatic hydroxyl groups excluding tert-OH is 1. The summed E-state index contributed by atoms with van der Waals surface area (Å²) in [6.07, 6.45) is 0.378. The van der Waals surface area contributed by atoms with E-state index in [0.717, 1.165) is 11.0 Å². The number of carbonyl (C=O) groups excluding carboxylic acids is 3. The fourth-order valence-electron chi connectivity index (χ4n) is 3.64. The molecule has 2 aliphatic heterocycles. The highest BCUT2D eigenvalue weighted by molar-refractivity contribution is 6.21. The summed E-state index contributed by atoms with van der Waals surface area (Å²) in [4.78, 5) is 50.1. The van der Waals surface area contributed by atoms with E-state index in [-0.39, 0.29) is 42.1 Å². The monoisotopic (exact) mass is 375 g/mol. The number of aliphatic hydroxyl groups is 1. The van der Waals surface area contributed by atoms with E-state index in [2.05, 4.69) is 0 Å². The Morgan fingerprint density at radius 3 is 2.56 bits per heavy atom. The normalized spacial score (nSPS) is 20.9. The van der Waals surface area contributed by atoms with Gasteiger partial charge in [0.05, 0.1) is 27.7 Å². The number of nitro benzene ring substituents is 1. The molecule has 9 heteroatoms. The van der Waals surface area contributed by atoms with Crippen LogP contribution in [0.4, 0.5) is 5.69 Å². The van der Waals surface area contributed by atoms with Crippen LogP contribution in [0.15, 0.2) is 18.2 Å². The molecule has 1 aromatic rings. The lowest BCUT2D eigenvalue weighted by atomic mass is 9.98. The molecule has 144 valence electrons. The maximum atomic E-state index is 12.4. The number of non-ortho nitro benzene ring substituents is 1. The molecule has 0 aromatic heterocycles. The maximum Gasteiger partial charge on any atom is 0.270 e. The van der Waals surface area contributed by atoms with E-state index in [1.165, 1.54) is 12.1 Å². The third-order valence-corrected chi connectivity index (χ3v) is 5.38. The first-order valence-electron chi connectivity index (χ1n) is 8.77. The van der Waals surface area contributed by atoms with Gasteiger partial charge in [0, 0.05) is 31.6 Å². The second-order valence-electron chi connectivity index (χ2n) is 7.36. The van der Waals surface area contributed by atoms with Crippen LogP contribution >= 0.6 is 0 Å². The molecule has 0 bridgehead atoms. The summed E-state index contributed by atoms with van der Waals surface area (Å²) in [6.45, 7) is 4.14. The minimum absolute atomic E-state index is 0.0179. The number of imide groups is 1. The average Bonchev–Trinajstić information content (AvgIpc) is 3.02. The van der Waals surface area contributed by atoms with Gasteiger partial charge in [-0.1, -0.05) is 0 Å². The summed E-state index contributed by atoms with van der Waals surface area (Å²) in [5.41, 5.74) is -0.724. The van der Waals surface area contributed by atoms with E-state index in [4.69, 9.17) is 0 Å². The van der Waals surface area contributed by atoms with Crippen LogP contribution in [0.5, 0.6) is 0 Å². The standard InChI is InChI=1S/C18H21N3O6/c1-18(2)14(22)7-9-20(18)15(23)4-3-8-19-16(24)12-6-5-11(21(26)27)10-13(12)17(19)25/h5-6,10,14,22H,3-4,7-9H2,1-2H3. The Balaban J connectivity index is 1.62. The van der Waals surface area contributed by atoms with Gasteiger partial charge in [-0.3, -0.25) is 29.4 Å². The van der Waals surface area contributed by atoms with E-state index >= 15 is 0 Å². The Hall–Kier alpha value is -2.81. The fourth-order valence-corrected chi connectivity index (χ4v) is 3.64. The van der Waals surface area contributed by atoms with Crippen molar-refractivity contribution in [1.82, 2.24) is 9.80 Å². The summed E-state index contributed by atoms with van der Waals surface area (Å²) >= 11 is 0. The van der Waals surface area contributed by atoms with Crippen LogP contribution in [0.3, 0.4) is 0 Å². The van der Waals surface area contributed by atoms with Gasteiger partial charge >= 0.3 is 0 Å². The molecular weight excluding hydrogens is 354 g/mol. The van der Waals surface area contributed by atoms with Crippen molar-refractivity contribution in [3.05, 3.63) is 39.4 Å². The molecule has 2 heterocycles. The molecule has 1 unspecified atom stereocenters. The molecule has 2 aliphatic rings. The number of nitro groups is 1. The second kappa shape index (κ2) is 6.73. The Morgan fingerprint density at radius 2 is 1.96 bits per heavy atom. The molecule has 0 radical (unpaired) electrons. The molecule has 0 aliphatic carbocycles. The molecule has 27 heavy (non-hydrogen) atoms. The van der Waals surface area contributed by atoms with Crippen LogP contribution in [0.25, 0.3) is 0 Å². The summed E-state index contributed by atoms with van der Waals surface area (Å²) in [5, 5.41) is 20.8. The lowest BCUT2D eigenvalue weighted by Crippen LogP contribution is -2.48. The molecule has 1 aromatic carbocycles. The van der Waals surface area contributed by atoms with Crippen molar-refractivity contribution < 1.29 is 24.4 Å². The van der Waals surface area contributed by atoms with Crippen molar-refractivity contribution in [2.45, 2.75) is 44.8 Å². The molecule has 1 atom stereocenters. The molecule has 3 rings (SSSR count). The highest BCUT2D eigenvalue weighted by atomic mass is 16.6. The van der Waals surface area contributed by atoms with Crippen LogP contribution in [0.2, 0.25) is 0 Å². The molecule has 0 saturated carbocycles. The Bertz CT molecular complexity index is 834. The van der Waals surface area contributed by atoms with Crippen LogP contribution in [-0.2, 0) is 4.79 Å². The fraction of sp³-hybridized carbons (Fsp3) is 0.500. The zero-order valence-corrected chi connectivity index (χ0v) is 15.2. The third-order valence-electron chi connectivity index (χ3n) is 5.38. The topological polar surface area (TPSA) is 121 Å². The predicted octanol–water partition coefficient (Wildman–Crippen LogP) is 1.34. The Kier molecular flexibility index (Phi) is 4.73. The smallest absolute Gasteiger partial charge is 0.270 e. The molecule has 1 N–H and O–H groups in total. The largest absolute Gasteiger partial charge is 0.391 e. The van der Waals surface area contributed by atoms with Crippen molar-refractivity contribution >= 4 is 23.4 Å². The number of amides is 3. The molecule has 0 spiro atoms. The Morgan fingerprint density at radius 1 is 1.30 bits per heavy atom. The van der Waals surface area contributed by atoms with Gasteiger partial charge < -0.3 is 10.0 Å². The first-order valence-corrected chi connectivity index (χ1v) is 8.77. The number of rotatable bonds is 5. The number of carbonyl (C=O) groups is 3. The first kappa shape index (κ1) is 19.0. The average molecular weight is 375 g/mol. The number of hydrogen-bond donors (Lipinski definition) is 1. The lowest BCUT2D eigenvalue weighted by molar-refractivity contribution is -0.384. The van der Waals surface area contributed by atoms with Gasteiger partial charge in [0.1, 0.15) is 0 Å². The van der Waals surface area contributed by atoms with Crippen molar-refractivity contribution in [1.29, 1.82) is 0 Å². The summed E-state index contributed by atoms with van der Waals surface area (Å²) < 4.78 is 0. The van der Waals surface area contributed by atoms with Crippen LogP contribution in [0.1, 0.15) is 53.8 Å². The minimum atomic E-state index is -0.633. The van der Waals surface area contributed by atoms with E-state index in [9.17, 15) is 29.6 Å². The molecule has 3 amide bonds.